The molecular weight excluding hydrogens is 302 g/mol. The SMILES string of the molecule is CCNCc1ccc(OCc2ccccc2)cc1Br. The van der Waals surface area contributed by atoms with Gasteiger partial charge in [-0.05, 0) is 29.8 Å². The molecule has 0 aliphatic rings. The van der Waals surface area contributed by atoms with Gasteiger partial charge in [0.15, 0.2) is 0 Å². The molecule has 0 bridgehead atoms. The third-order valence-corrected chi connectivity index (χ3v) is 3.58. The van der Waals surface area contributed by atoms with E-state index in [1.807, 2.05) is 30.3 Å². The van der Waals surface area contributed by atoms with Crippen molar-refractivity contribution in [1.82, 2.24) is 5.32 Å². The molecule has 2 nitrogen and oxygen atoms in total. The first-order valence-corrected chi connectivity index (χ1v) is 7.24. The van der Waals surface area contributed by atoms with Gasteiger partial charge in [-0.1, -0.05) is 59.3 Å². The molecule has 0 aromatic heterocycles. The summed E-state index contributed by atoms with van der Waals surface area (Å²) in [6, 6.07) is 16.3. The van der Waals surface area contributed by atoms with Gasteiger partial charge in [0.2, 0.25) is 0 Å². The fourth-order valence-electron chi connectivity index (χ4n) is 1.76. The van der Waals surface area contributed by atoms with Crippen molar-refractivity contribution in [1.29, 1.82) is 0 Å². The third kappa shape index (κ3) is 4.37. The molecule has 0 radical (unpaired) electrons. The summed E-state index contributed by atoms with van der Waals surface area (Å²) in [5.74, 6) is 0.885. The van der Waals surface area contributed by atoms with Gasteiger partial charge < -0.3 is 10.1 Å². The van der Waals surface area contributed by atoms with E-state index in [1.165, 1.54) is 11.1 Å². The minimum absolute atomic E-state index is 0.597. The van der Waals surface area contributed by atoms with Gasteiger partial charge in [-0.15, -0.1) is 0 Å². The van der Waals surface area contributed by atoms with E-state index in [1.54, 1.807) is 0 Å². The number of hydrogen-bond acceptors (Lipinski definition) is 2. The molecular formula is C16H18BrNO. The summed E-state index contributed by atoms with van der Waals surface area (Å²) in [6.07, 6.45) is 0. The van der Waals surface area contributed by atoms with Gasteiger partial charge in [0, 0.05) is 11.0 Å². The van der Waals surface area contributed by atoms with E-state index in [2.05, 4.69) is 46.4 Å². The van der Waals surface area contributed by atoms with Crippen LogP contribution in [0.1, 0.15) is 18.1 Å². The Kier molecular flexibility index (Phi) is 5.43. The van der Waals surface area contributed by atoms with E-state index in [9.17, 15) is 0 Å². The minimum atomic E-state index is 0.597. The van der Waals surface area contributed by atoms with E-state index < -0.39 is 0 Å². The highest BCUT2D eigenvalue weighted by Crippen LogP contribution is 2.23. The molecule has 0 aliphatic heterocycles. The molecule has 0 fully saturated rings. The Hall–Kier alpha value is -1.32. The summed E-state index contributed by atoms with van der Waals surface area (Å²) in [6.45, 7) is 4.54. The average Bonchev–Trinajstić information content (AvgIpc) is 2.45. The quantitative estimate of drug-likeness (QED) is 0.864. The Morgan fingerprint density at radius 3 is 2.58 bits per heavy atom. The summed E-state index contributed by atoms with van der Waals surface area (Å²) in [5, 5.41) is 3.31. The van der Waals surface area contributed by atoms with E-state index in [-0.39, 0.29) is 0 Å². The highest BCUT2D eigenvalue weighted by Gasteiger charge is 2.02. The summed E-state index contributed by atoms with van der Waals surface area (Å²) in [5.41, 5.74) is 2.42. The number of rotatable bonds is 6. The van der Waals surface area contributed by atoms with Crippen LogP contribution in [0.15, 0.2) is 53.0 Å². The van der Waals surface area contributed by atoms with Gasteiger partial charge in [0.05, 0.1) is 0 Å². The monoisotopic (exact) mass is 319 g/mol. The molecule has 2 rings (SSSR count). The number of hydrogen-bond donors (Lipinski definition) is 1. The largest absolute Gasteiger partial charge is 0.489 e. The van der Waals surface area contributed by atoms with Crippen molar-refractivity contribution < 1.29 is 4.74 Å². The summed E-state index contributed by atoms with van der Waals surface area (Å²) in [4.78, 5) is 0. The first kappa shape index (κ1) is 14.1. The van der Waals surface area contributed by atoms with Crippen LogP contribution >= 0.6 is 15.9 Å². The van der Waals surface area contributed by atoms with E-state index in [0.717, 1.165) is 23.3 Å². The molecule has 0 heterocycles. The number of ether oxygens (including phenoxy) is 1. The lowest BCUT2D eigenvalue weighted by Crippen LogP contribution is -2.12. The second-order valence-electron chi connectivity index (χ2n) is 4.31. The van der Waals surface area contributed by atoms with Crippen molar-refractivity contribution in [2.75, 3.05) is 6.54 Å². The predicted molar refractivity (Wildman–Crippen MR) is 82.3 cm³/mol. The van der Waals surface area contributed by atoms with Crippen molar-refractivity contribution in [2.45, 2.75) is 20.1 Å². The summed E-state index contributed by atoms with van der Waals surface area (Å²) >= 11 is 3.58. The van der Waals surface area contributed by atoms with Gasteiger partial charge in [0.1, 0.15) is 12.4 Å². The Labute approximate surface area is 122 Å². The molecule has 1 N–H and O–H groups in total. The molecule has 2 aromatic carbocycles. The van der Waals surface area contributed by atoms with E-state index >= 15 is 0 Å². The maximum absolute atomic E-state index is 5.78. The number of halogens is 1. The molecule has 0 saturated carbocycles. The molecule has 2 aromatic rings. The van der Waals surface area contributed by atoms with Crippen LogP contribution in [0.25, 0.3) is 0 Å². The van der Waals surface area contributed by atoms with E-state index in [4.69, 9.17) is 4.74 Å². The lowest BCUT2D eigenvalue weighted by atomic mass is 10.2. The molecule has 0 aliphatic carbocycles. The van der Waals surface area contributed by atoms with Crippen molar-refractivity contribution in [3.63, 3.8) is 0 Å². The maximum atomic E-state index is 5.78. The highest BCUT2D eigenvalue weighted by atomic mass is 79.9. The zero-order chi connectivity index (χ0) is 13.5. The van der Waals surface area contributed by atoms with Gasteiger partial charge in [0.25, 0.3) is 0 Å². The zero-order valence-electron chi connectivity index (χ0n) is 11.0. The first-order chi connectivity index (χ1) is 9.29. The van der Waals surface area contributed by atoms with Gasteiger partial charge in [-0.3, -0.25) is 0 Å². The van der Waals surface area contributed by atoms with Crippen molar-refractivity contribution in [3.05, 3.63) is 64.1 Å². The van der Waals surface area contributed by atoms with Crippen LogP contribution in [-0.4, -0.2) is 6.54 Å². The highest BCUT2D eigenvalue weighted by molar-refractivity contribution is 9.10. The molecule has 0 spiro atoms. The topological polar surface area (TPSA) is 21.3 Å². The fraction of sp³-hybridized carbons (Fsp3) is 0.250. The molecule has 0 unspecified atom stereocenters. The molecule has 0 atom stereocenters. The second kappa shape index (κ2) is 7.31. The van der Waals surface area contributed by atoms with E-state index in [0.29, 0.717) is 6.61 Å². The minimum Gasteiger partial charge on any atom is -0.489 e. The second-order valence-corrected chi connectivity index (χ2v) is 5.16. The van der Waals surface area contributed by atoms with Crippen LogP contribution < -0.4 is 10.1 Å². The molecule has 100 valence electrons. The predicted octanol–water partition coefficient (Wildman–Crippen LogP) is 4.14. The Morgan fingerprint density at radius 1 is 1.11 bits per heavy atom. The van der Waals surface area contributed by atoms with Crippen molar-refractivity contribution in [3.8, 4) is 5.75 Å². The maximum Gasteiger partial charge on any atom is 0.120 e. The number of benzene rings is 2. The number of nitrogens with one attached hydrogen (secondary N) is 1. The Bertz CT molecular complexity index is 513. The lowest BCUT2D eigenvalue weighted by Gasteiger charge is -2.10. The smallest absolute Gasteiger partial charge is 0.120 e. The van der Waals surface area contributed by atoms with Crippen LogP contribution in [0, 0.1) is 0 Å². The van der Waals surface area contributed by atoms with Crippen LogP contribution in [-0.2, 0) is 13.2 Å². The Morgan fingerprint density at radius 2 is 1.89 bits per heavy atom. The van der Waals surface area contributed by atoms with Crippen LogP contribution in [0.5, 0.6) is 5.75 Å². The van der Waals surface area contributed by atoms with Gasteiger partial charge in [-0.2, -0.15) is 0 Å². The molecule has 0 amide bonds. The summed E-state index contributed by atoms with van der Waals surface area (Å²) in [7, 11) is 0. The first-order valence-electron chi connectivity index (χ1n) is 6.45. The summed E-state index contributed by atoms with van der Waals surface area (Å²) < 4.78 is 6.86. The van der Waals surface area contributed by atoms with Crippen LogP contribution in [0.3, 0.4) is 0 Å². The molecule has 3 heteroatoms. The van der Waals surface area contributed by atoms with Gasteiger partial charge >= 0.3 is 0 Å². The standard InChI is InChI=1S/C16H18BrNO/c1-2-18-11-14-8-9-15(10-16(14)17)19-12-13-6-4-3-5-7-13/h3-10,18H,2,11-12H2,1H3. The molecule has 19 heavy (non-hydrogen) atoms. The van der Waals surface area contributed by atoms with Crippen molar-refractivity contribution in [2.24, 2.45) is 0 Å². The molecule has 0 saturated heterocycles. The van der Waals surface area contributed by atoms with Crippen molar-refractivity contribution >= 4 is 15.9 Å². The fourth-order valence-corrected chi connectivity index (χ4v) is 2.26. The lowest BCUT2D eigenvalue weighted by molar-refractivity contribution is 0.306. The van der Waals surface area contributed by atoms with Crippen LogP contribution in [0.4, 0.5) is 0 Å². The third-order valence-electron chi connectivity index (χ3n) is 2.84. The van der Waals surface area contributed by atoms with Gasteiger partial charge in [-0.25, -0.2) is 0 Å². The average molecular weight is 320 g/mol. The Balaban J connectivity index is 1.96. The van der Waals surface area contributed by atoms with Crippen LogP contribution in [0.2, 0.25) is 0 Å². The normalized spacial score (nSPS) is 10.4. The zero-order valence-corrected chi connectivity index (χ0v) is 12.6.